The molecule has 2 aliphatic rings. The predicted octanol–water partition coefficient (Wildman–Crippen LogP) is 0.0322. The summed E-state index contributed by atoms with van der Waals surface area (Å²) in [7, 11) is 0. The van der Waals surface area contributed by atoms with Crippen LogP contribution in [-0.2, 0) is 9.53 Å². The van der Waals surface area contributed by atoms with Crippen molar-refractivity contribution < 1.29 is 14.6 Å². The van der Waals surface area contributed by atoms with Crippen LogP contribution in [-0.4, -0.2) is 49.0 Å². The minimum Gasteiger partial charge on any atom is -0.385 e. The summed E-state index contributed by atoms with van der Waals surface area (Å²) in [5.41, 5.74) is -1.20. The second-order valence-electron chi connectivity index (χ2n) is 5.61. The monoisotopic (exact) mass is 256 g/mol. The summed E-state index contributed by atoms with van der Waals surface area (Å²) in [4.78, 5) is 12.3. The maximum absolute atomic E-state index is 12.3. The molecule has 3 atom stereocenters. The van der Waals surface area contributed by atoms with Crippen LogP contribution in [0.15, 0.2) is 0 Å². The maximum Gasteiger partial charge on any atom is 0.227 e. The van der Waals surface area contributed by atoms with Gasteiger partial charge in [0.2, 0.25) is 5.91 Å². The van der Waals surface area contributed by atoms with Crippen molar-refractivity contribution in [3.05, 3.63) is 0 Å². The number of ether oxygens (including phenoxy) is 1. The van der Waals surface area contributed by atoms with Crippen molar-refractivity contribution >= 4 is 5.91 Å². The Morgan fingerprint density at radius 3 is 2.83 bits per heavy atom. The summed E-state index contributed by atoms with van der Waals surface area (Å²) in [6.45, 7) is 6.38. The van der Waals surface area contributed by atoms with Gasteiger partial charge in [0.1, 0.15) is 5.60 Å². The van der Waals surface area contributed by atoms with E-state index in [1.54, 1.807) is 0 Å². The Kier molecular flexibility index (Phi) is 3.94. The number of carbonyl (C=O) groups is 1. The van der Waals surface area contributed by atoms with E-state index in [1.807, 2.05) is 13.8 Å². The van der Waals surface area contributed by atoms with Gasteiger partial charge in [-0.2, -0.15) is 0 Å². The smallest absolute Gasteiger partial charge is 0.227 e. The maximum atomic E-state index is 12.3. The Bertz CT molecular complexity index is 315. The fourth-order valence-electron chi connectivity index (χ4n) is 2.82. The predicted molar refractivity (Wildman–Crippen MR) is 68.2 cm³/mol. The molecule has 0 spiro atoms. The van der Waals surface area contributed by atoms with Crippen molar-refractivity contribution in [1.82, 2.24) is 10.6 Å². The third-order valence-electron chi connectivity index (χ3n) is 4.62. The number of rotatable bonds is 4. The Labute approximate surface area is 108 Å². The normalized spacial score (nSPS) is 40.1. The summed E-state index contributed by atoms with van der Waals surface area (Å²) in [5.74, 6) is 0.0579. The highest BCUT2D eigenvalue weighted by Gasteiger charge is 2.43. The standard InChI is InChI=1S/C13H24N2O3/c1-3-12(4-6-14-8-12)11(16)15-9-13(17)5-7-18-10(13)2/h10,14,17H,3-9H2,1-2H3,(H,15,16). The number of aliphatic hydroxyl groups is 1. The first-order valence-electron chi connectivity index (χ1n) is 6.85. The summed E-state index contributed by atoms with van der Waals surface area (Å²) in [5, 5.41) is 16.5. The van der Waals surface area contributed by atoms with Gasteiger partial charge in [-0.25, -0.2) is 0 Å². The summed E-state index contributed by atoms with van der Waals surface area (Å²) < 4.78 is 5.36. The number of carbonyl (C=O) groups excluding carboxylic acids is 1. The van der Waals surface area contributed by atoms with Crippen LogP contribution < -0.4 is 10.6 Å². The van der Waals surface area contributed by atoms with Crippen molar-refractivity contribution in [3.8, 4) is 0 Å². The van der Waals surface area contributed by atoms with Crippen molar-refractivity contribution in [3.63, 3.8) is 0 Å². The van der Waals surface area contributed by atoms with E-state index in [-0.39, 0.29) is 24.0 Å². The molecule has 0 saturated carbocycles. The molecule has 3 unspecified atom stereocenters. The van der Waals surface area contributed by atoms with Gasteiger partial charge in [0.05, 0.1) is 11.5 Å². The van der Waals surface area contributed by atoms with Crippen LogP contribution in [0, 0.1) is 5.41 Å². The van der Waals surface area contributed by atoms with Gasteiger partial charge in [-0.15, -0.1) is 0 Å². The average Bonchev–Trinajstić information content (AvgIpc) is 2.96. The molecule has 2 aliphatic heterocycles. The van der Waals surface area contributed by atoms with E-state index in [2.05, 4.69) is 10.6 Å². The second-order valence-corrected chi connectivity index (χ2v) is 5.61. The van der Waals surface area contributed by atoms with Crippen LogP contribution >= 0.6 is 0 Å². The molecule has 18 heavy (non-hydrogen) atoms. The molecule has 0 radical (unpaired) electrons. The van der Waals surface area contributed by atoms with E-state index in [4.69, 9.17) is 4.74 Å². The molecule has 5 heteroatoms. The van der Waals surface area contributed by atoms with Crippen molar-refractivity contribution in [1.29, 1.82) is 0 Å². The van der Waals surface area contributed by atoms with Gasteiger partial charge in [0, 0.05) is 26.1 Å². The zero-order valence-electron chi connectivity index (χ0n) is 11.3. The lowest BCUT2D eigenvalue weighted by Gasteiger charge is -2.30. The van der Waals surface area contributed by atoms with Gasteiger partial charge < -0.3 is 20.5 Å². The first-order valence-corrected chi connectivity index (χ1v) is 6.85. The molecule has 2 fully saturated rings. The highest BCUT2D eigenvalue weighted by Crippen LogP contribution is 2.30. The topological polar surface area (TPSA) is 70.6 Å². The molecule has 0 aromatic heterocycles. The molecule has 3 N–H and O–H groups in total. The lowest BCUT2D eigenvalue weighted by molar-refractivity contribution is -0.132. The van der Waals surface area contributed by atoms with E-state index >= 15 is 0 Å². The highest BCUT2D eigenvalue weighted by molar-refractivity contribution is 5.83. The fourth-order valence-corrected chi connectivity index (χ4v) is 2.82. The van der Waals surface area contributed by atoms with Crippen LogP contribution in [0.1, 0.15) is 33.1 Å². The quantitative estimate of drug-likeness (QED) is 0.664. The molecule has 0 aromatic rings. The lowest BCUT2D eigenvalue weighted by Crippen LogP contribution is -2.51. The van der Waals surface area contributed by atoms with E-state index < -0.39 is 5.60 Å². The van der Waals surface area contributed by atoms with Crippen LogP contribution in [0.3, 0.4) is 0 Å². The lowest BCUT2D eigenvalue weighted by atomic mass is 9.83. The first kappa shape index (κ1) is 13.8. The average molecular weight is 256 g/mol. The molecule has 5 nitrogen and oxygen atoms in total. The van der Waals surface area contributed by atoms with Gasteiger partial charge in [-0.1, -0.05) is 6.92 Å². The van der Waals surface area contributed by atoms with Crippen molar-refractivity contribution in [2.24, 2.45) is 5.41 Å². The number of hydrogen-bond donors (Lipinski definition) is 3. The van der Waals surface area contributed by atoms with E-state index in [0.717, 1.165) is 25.9 Å². The van der Waals surface area contributed by atoms with E-state index in [9.17, 15) is 9.90 Å². The molecule has 2 saturated heterocycles. The van der Waals surface area contributed by atoms with Crippen LogP contribution in [0.2, 0.25) is 0 Å². The third kappa shape index (κ3) is 2.39. The Morgan fingerprint density at radius 2 is 2.33 bits per heavy atom. The molecule has 2 heterocycles. The number of hydrogen-bond acceptors (Lipinski definition) is 4. The zero-order chi connectivity index (χ0) is 13.2. The molecule has 0 aromatic carbocycles. The van der Waals surface area contributed by atoms with Gasteiger partial charge in [0.15, 0.2) is 0 Å². The Balaban J connectivity index is 1.91. The molecular weight excluding hydrogens is 232 g/mol. The molecule has 0 bridgehead atoms. The Hall–Kier alpha value is -0.650. The van der Waals surface area contributed by atoms with Gasteiger partial charge in [-0.3, -0.25) is 4.79 Å². The SMILES string of the molecule is CCC1(C(=O)NCC2(O)CCOC2C)CCNC1. The fraction of sp³-hybridized carbons (Fsp3) is 0.923. The molecule has 104 valence electrons. The van der Waals surface area contributed by atoms with Crippen molar-refractivity contribution in [2.75, 3.05) is 26.2 Å². The highest BCUT2D eigenvalue weighted by atomic mass is 16.5. The minimum absolute atomic E-state index is 0.0579. The van der Waals surface area contributed by atoms with E-state index in [1.165, 1.54) is 0 Å². The third-order valence-corrected chi connectivity index (χ3v) is 4.62. The summed E-state index contributed by atoms with van der Waals surface area (Å²) in [6, 6.07) is 0. The van der Waals surface area contributed by atoms with Crippen LogP contribution in [0.4, 0.5) is 0 Å². The molecule has 0 aliphatic carbocycles. The second kappa shape index (κ2) is 5.15. The van der Waals surface area contributed by atoms with E-state index in [0.29, 0.717) is 13.0 Å². The van der Waals surface area contributed by atoms with Gasteiger partial charge >= 0.3 is 0 Å². The van der Waals surface area contributed by atoms with Gasteiger partial charge in [0.25, 0.3) is 0 Å². The molecular formula is C13H24N2O3. The molecule has 1 amide bonds. The van der Waals surface area contributed by atoms with Gasteiger partial charge in [-0.05, 0) is 26.3 Å². The number of amides is 1. The largest absolute Gasteiger partial charge is 0.385 e. The zero-order valence-corrected chi connectivity index (χ0v) is 11.3. The van der Waals surface area contributed by atoms with Crippen molar-refractivity contribution in [2.45, 2.75) is 44.8 Å². The first-order chi connectivity index (χ1) is 8.52. The minimum atomic E-state index is -0.906. The number of nitrogens with one attached hydrogen (secondary N) is 2. The summed E-state index contributed by atoms with van der Waals surface area (Å²) >= 11 is 0. The van der Waals surface area contributed by atoms with Crippen LogP contribution in [0.25, 0.3) is 0 Å². The Morgan fingerprint density at radius 1 is 1.56 bits per heavy atom. The summed E-state index contributed by atoms with van der Waals surface area (Å²) in [6.07, 6.45) is 2.08. The van der Waals surface area contributed by atoms with Crippen LogP contribution in [0.5, 0.6) is 0 Å². The molecule has 2 rings (SSSR count).